The summed E-state index contributed by atoms with van der Waals surface area (Å²) < 4.78 is 0. The number of aldehydes is 1. The first-order valence-electron chi connectivity index (χ1n) is 7.95. The van der Waals surface area contributed by atoms with Crippen LogP contribution in [0.5, 0.6) is 0 Å². The van der Waals surface area contributed by atoms with Crippen LogP contribution in [0.1, 0.15) is 28.8 Å². The fourth-order valence-electron chi connectivity index (χ4n) is 2.54. The Bertz CT molecular complexity index is 769. The minimum Gasteiger partial charge on any atom is -0.367 e. The Morgan fingerprint density at radius 3 is 2.64 bits per heavy atom. The molecule has 0 saturated carbocycles. The highest BCUT2D eigenvalue weighted by atomic mass is 16.2. The number of primary amides is 1. The molecule has 0 aromatic heterocycles. The van der Waals surface area contributed by atoms with E-state index < -0.39 is 6.03 Å². The van der Waals surface area contributed by atoms with Crippen LogP contribution in [0.25, 0.3) is 0 Å². The predicted octanol–water partition coefficient (Wildman–Crippen LogP) is 3.30. The third kappa shape index (κ3) is 5.36. The van der Waals surface area contributed by atoms with E-state index in [-0.39, 0.29) is 0 Å². The van der Waals surface area contributed by atoms with Crippen molar-refractivity contribution in [1.82, 2.24) is 0 Å². The molecule has 0 atom stereocenters. The predicted molar refractivity (Wildman–Crippen MR) is 97.4 cm³/mol. The number of nitrogens with zero attached hydrogens (tertiary/aromatic N) is 2. The lowest BCUT2D eigenvalue weighted by Crippen LogP contribution is -2.25. The molecule has 0 fully saturated rings. The molecule has 2 rings (SSSR count). The van der Waals surface area contributed by atoms with Crippen LogP contribution in [0.2, 0.25) is 0 Å². The second kappa shape index (κ2) is 9.08. The van der Waals surface area contributed by atoms with Crippen LogP contribution < -0.4 is 16.0 Å². The van der Waals surface area contributed by atoms with Crippen LogP contribution in [0.4, 0.5) is 16.2 Å². The quantitative estimate of drug-likeness (QED) is 0.570. The Morgan fingerprint density at radius 2 is 2.00 bits per heavy atom. The number of rotatable bonds is 8. The number of nitriles is 1. The van der Waals surface area contributed by atoms with Gasteiger partial charge in [0.2, 0.25) is 0 Å². The van der Waals surface area contributed by atoms with Gasteiger partial charge in [0.05, 0.1) is 11.8 Å². The molecule has 0 saturated heterocycles. The minimum absolute atomic E-state index is 0.360. The summed E-state index contributed by atoms with van der Waals surface area (Å²) in [6.07, 6.45) is 1.85. The van der Waals surface area contributed by atoms with Gasteiger partial charge in [-0.3, -0.25) is 4.79 Å². The highest BCUT2D eigenvalue weighted by Gasteiger charge is 2.11. The van der Waals surface area contributed by atoms with E-state index >= 15 is 0 Å². The largest absolute Gasteiger partial charge is 0.367 e. The van der Waals surface area contributed by atoms with E-state index in [4.69, 9.17) is 11.0 Å². The van der Waals surface area contributed by atoms with Gasteiger partial charge in [0.1, 0.15) is 0 Å². The average Bonchev–Trinajstić information content (AvgIpc) is 2.61. The maximum atomic E-state index is 11.2. The van der Waals surface area contributed by atoms with Crippen molar-refractivity contribution >= 4 is 23.7 Å². The topological polar surface area (TPSA) is 99.2 Å². The van der Waals surface area contributed by atoms with Crippen molar-refractivity contribution in [1.29, 1.82) is 5.26 Å². The van der Waals surface area contributed by atoms with E-state index in [1.807, 2.05) is 36.4 Å². The highest BCUT2D eigenvalue weighted by Crippen LogP contribution is 2.25. The summed E-state index contributed by atoms with van der Waals surface area (Å²) in [4.78, 5) is 24.4. The van der Waals surface area contributed by atoms with Gasteiger partial charge in [-0.15, -0.1) is 0 Å². The lowest BCUT2D eigenvalue weighted by Gasteiger charge is -2.25. The monoisotopic (exact) mass is 336 g/mol. The number of nitrogens with two attached hydrogens (primary N) is 1. The fourth-order valence-corrected chi connectivity index (χ4v) is 2.54. The van der Waals surface area contributed by atoms with Crippen molar-refractivity contribution in [2.24, 2.45) is 5.73 Å². The van der Waals surface area contributed by atoms with Crippen LogP contribution in [0.15, 0.2) is 48.5 Å². The Morgan fingerprint density at radius 1 is 1.24 bits per heavy atom. The summed E-state index contributed by atoms with van der Waals surface area (Å²) in [5.41, 5.74) is 7.89. The summed E-state index contributed by atoms with van der Waals surface area (Å²) in [7, 11) is 0. The minimum atomic E-state index is -0.723. The van der Waals surface area contributed by atoms with Crippen LogP contribution >= 0.6 is 0 Å². The van der Waals surface area contributed by atoms with Crippen LogP contribution in [-0.2, 0) is 6.54 Å². The van der Waals surface area contributed by atoms with E-state index in [0.717, 1.165) is 17.7 Å². The van der Waals surface area contributed by atoms with Crippen molar-refractivity contribution in [3.05, 3.63) is 59.7 Å². The summed E-state index contributed by atoms with van der Waals surface area (Å²) in [5, 5.41) is 11.3. The van der Waals surface area contributed by atoms with Crippen LogP contribution in [0.3, 0.4) is 0 Å². The molecular weight excluding hydrogens is 316 g/mol. The van der Waals surface area contributed by atoms with E-state index in [1.54, 1.807) is 12.1 Å². The first-order chi connectivity index (χ1) is 12.1. The zero-order valence-corrected chi connectivity index (χ0v) is 13.8. The van der Waals surface area contributed by atoms with Gasteiger partial charge in [0.25, 0.3) is 0 Å². The van der Waals surface area contributed by atoms with Gasteiger partial charge in [0.15, 0.2) is 6.29 Å². The Hall–Kier alpha value is -3.33. The molecule has 2 aromatic carbocycles. The molecule has 0 aliphatic rings. The SMILES string of the molecule is N#CCCCN(Cc1ccccc1)c1ccc(C=O)c(NC(N)=O)c1. The van der Waals surface area contributed by atoms with Gasteiger partial charge in [-0.05, 0) is 30.2 Å². The van der Waals surface area contributed by atoms with E-state index in [1.165, 1.54) is 0 Å². The zero-order chi connectivity index (χ0) is 18.1. The fraction of sp³-hybridized carbons (Fsp3) is 0.211. The van der Waals surface area contributed by atoms with Crippen molar-refractivity contribution in [2.75, 3.05) is 16.8 Å². The second-order valence-electron chi connectivity index (χ2n) is 5.55. The van der Waals surface area contributed by atoms with E-state index in [0.29, 0.717) is 37.0 Å². The lowest BCUT2D eigenvalue weighted by molar-refractivity contribution is 0.112. The summed E-state index contributed by atoms with van der Waals surface area (Å²) >= 11 is 0. The van der Waals surface area contributed by atoms with Gasteiger partial charge in [0, 0.05) is 30.8 Å². The molecule has 0 bridgehead atoms. The average molecular weight is 336 g/mol. The molecule has 25 heavy (non-hydrogen) atoms. The van der Waals surface area contributed by atoms with Crippen molar-refractivity contribution in [3.63, 3.8) is 0 Å². The molecular formula is C19H20N4O2. The molecule has 128 valence electrons. The molecule has 0 aliphatic carbocycles. The molecule has 2 aromatic rings. The van der Waals surface area contributed by atoms with Gasteiger partial charge < -0.3 is 16.0 Å². The number of hydrogen-bond donors (Lipinski definition) is 2. The van der Waals surface area contributed by atoms with Gasteiger partial charge in [-0.2, -0.15) is 5.26 Å². The lowest BCUT2D eigenvalue weighted by atomic mass is 10.1. The van der Waals surface area contributed by atoms with Crippen molar-refractivity contribution < 1.29 is 9.59 Å². The van der Waals surface area contributed by atoms with Crippen LogP contribution in [0, 0.1) is 11.3 Å². The summed E-state index contributed by atoms with van der Waals surface area (Å²) in [6, 6.07) is 16.6. The number of urea groups is 1. The number of amides is 2. The normalized spacial score (nSPS) is 9.88. The number of nitrogens with one attached hydrogen (secondary N) is 1. The van der Waals surface area contributed by atoms with Crippen LogP contribution in [-0.4, -0.2) is 18.9 Å². The molecule has 3 N–H and O–H groups in total. The number of anilines is 2. The number of carbonyl (C=O) groups excluding carboxylic acids is 2. The van der Waals surface area contributed by atoms with Crippen molar-refractivity contribution in [3.8, 4) is 6.07 Å². The Kier molecular flexibility index (Phi) is 6.55. The first kappa shape index (κ1) is 18.0. The molecule has 0 aliphatic heterocycles. The van der Waals surface area contributed by atoms with E-state index in [2.05, 4.69) is 16.3 Å². The number of hydrogen-bond acceptors (Lipinski definition) is 4. The standard InChI is InChI=1S/C19H20N4O2/c20-10-4-5-11-23(13-15-6-2-1-3-7-15)17-9-8-16(14-24)18(12-17)22-19(21)25/h1-3,6-9,12,14H,4-5,11,13H2,(H3,21,22,25). The molecule has 2 amide bonds. The Balaban J connectivity index is 2.30. The second-order valence-corrected chi connectivity index (χ2v) is 5.55. The first-order valence-corrected chi connectivity index (χ1v) is 7.95. The van der Waals surface area contributed by atoms with Crippen molar-refractivity contribution in [2.45, 2.75) is 19.4 Å². The number of carbonyl (C=O) groups is 2. The number of benzene rings is 2. The molecule has 6 nitrogen and oxygen atoms in total. The molecule has 0 radical (unpaired) electrons. The maximum Gasteiger partial charge on any atom is 0.316 e. The van der Waals surface area contributed by atoms with E-state index in [9.17, 15) is 9.59 Å². The summed E-state index contributed by atoms with van der Waals surface area (Å²) in [6.45, 7) is 1.33. The Labute approximate surface area is 146 Å². The number of unbranched alkanes of at least 4 members (excludes halogenated alkanes) is 1. The smallest absolute Gasteiger partial charge is 0.316 e. The van der Waals surface area contributed by atoms with Gasteiger partial charge in [-0.1, -0.05) is 30.3 Å². The maximum absolute atomic E-state index is 11.2. The van der Waals surface area contributed by atoms with Gasteiger partial charge in [-0.25, -0.2) is 4.79 Å². The molecule has 0 spiro atoms. The van der Waals surface area contributed by atoms with Gasteiger partial charge >= 0.3 is 6.03 Å². The third-order valence-electron chi connectivity index (χ3n) is 3.72. The third-order valence-corrected chi connectivity index (χ3v) is 3.72. The highest BCUT2D eigenvalue weighted by molar-refractivity contribution is 5.95. The summed E-state index contributed by atoms with van der Waals surface area (Å²) in [5.74, 6) is 0. The molecule has 0 unspecified atom stereocenters. The molecule has 0 heterocycles. The zero-order valence-electron chi connectivity index (χ0n) is 13.8. The molecule has 6 heteroatoms.